The molecule has 0 saturated carbocycles. The zero-order chi connectivity index (χ0) is 63.6. The molecule has 0 spiro atoms. The zero-order valence-electron chi connectivity index (χ0n) is 51.8. The van der Waals surface area contributed by atoms with Crippen molar-refractivity contribution in [3.05, 3.63) is 332 Å². The van der Waals surface area contributed by atoms with E-state index in [0.717, 1.165) is 72.7 Å². The Kier molecular flexibility index (Phi) is 16.7. The summed E-state index contributed by atoms with van der Waals surface area (Å²) in [7, 11) is 1.16. The first kappa shape index (κ1) is 60.3. The zero-order valence-corrected chi connectivity index (χ0v) is 53.3. The second-order valence-electron chi connectivity index (χ2n) is 23.3. The Bertz CT molecular complexity index is 5740. The maximum atomic E-state index is 9.26. The summed E-state index contributed by atoms with van der Waals surface area (Å²) in [6.45, 7) is 0. The molecule has 0 bridgehead atoms. The Morgan fingerprint density at radius 2 is 0.521 bits per heavy atom. The molecule has 3 N–H and O–H groups in total. The van der Waals surface area contributed by atoms with Crippen LogP contribution in [0.3, 0.4) is 0 Å². The molecule has 8 nitrogen and oxygen atoms in total. The Hall–Kier alpha value is -11.9. The molecule has 96 heavy (non-hydrogen) atoms. The first-order chi connectivity index (χ1) is 47.0. The summed E-state index contributed by atoms with van der Waals surface area (Å²) in [5.74, 6) is 3.93. The molecule has 453 valence electrons. The fourth-order valence-electron chi connectivity index (χ4n) is 13.1. The molecule has 0 amide bonds. The number of halogens is 1. The summed E-state index contributed by atoms with van der Waals surface area (Å²) in [5, 5.41) is 28.8. The second-order valence-corrected chi connectivity index (χ2v) is 24.1. The smallest absolute Gasteiger partial charge is 0.326 e. The van der Waals surface area contributed by atoms with Crippen molar-refractivity contribution in [2.45, 2.75) is 0 Å². The van der Waals surface area contributed by atoms with E-state index in [0.29, 0.717) is 34.9 Å². The topological polar surface area (TPSA) is 129 Å². The molecule has 0 atom stereocenters. The minimum Gasteiger partial charge on any atom is -0.450 e. The second kappa shape index (κ2) is 26.6. The molecule has 1 radical (unpaired) electrons. The summed E-state index contributed by atoms with van der Waals surface area (Å²) < 4.78 is 0.986. The summed E-state index contributed by atoms with van der Waals surface area (Å²) in [4.78, 5) is 29.6. The summed E-state index contributed by atoms with van der Waals surface area (Å²) >= 11 is 3.78. The largest absolute Gasteiger partial charge is 0.450 e. The SMILES string of the molecule is Brc1c(-c2nc(-c3ccccc3)nc(-c3ccccc3)n2)ccc2ccccc12.O.O[B]c1ccc2c3ccccc3c3ccccc3c2c1.c1ccc(-c2nc(-c3ccccc3)nc(-c3ccc4ccccc4c3-c3ccc4c5ccccc5c5ccccc5c4c3)n2)cc1. The van der Waals surface area contributed by atoms with Gasteiger partial charge in [-0.3, -0.25) is 0 Å². The van der Waals surface area contributed by atoms with E-state index < -0.39 is 0 Å². The lowest BCUT2D eigenvalue weighted by atomic mass is 9.85. The van der Waals surface area contributed by atoms with E-state index in [9.17, 15) is 5.02 Å². The van der Waals surface area contributed by atoms with Gasteiger partial charge in [-0.25, -0.2) is 29.9 Å². The van der Waals surface area contributed by atoms with Crippen LogP contribution in [0.25, 0.3) is 166 Å². The average Bonchev–Trinajstić information content (AvgIpc) is 0.748. The molecule has 0 unspecified atom stereocenters. The van der Waals surface area contributed by atoms with Gasteiger partial charge in [-0.1, -0.05) is 315 Å². The van der Waals surface area contributed by atoms with Crippen LogP contribution in [-0.2, 0) is 0 Å². The molecule has 0 aliphatic rings. The van der Waals surface area contributed by atoms with Crippen LogP contribution in [0.4, 0.5) is 0 Å². The van der Waals surface area contributed by atoms with Gasteiger partial charge in [0.2, 0.25) is 0 Å². The van der Waals surface area contributed by atoms with Gasteiger partial charge in [0, 0.05) is 43.4 Å². The van der Waals surface area contributed by atoms with Crippen molar-refractivity contribution in [3.8, 4) is 79.5 Å². The van der Waals surface area contributed by atoms with Gasteiger partial charge in [-0.2, -0.15) is 0 Å². The molecule has 0 saturated heterocycles. The molecule has 0 aliphatic heterocycles. The van der Waals surface area contributed by atoms with Crippen molar-refractivity contribution < 1.29 is 10.5 Å². The molecule has 2 heterocycles. The minimum absolute atomic E-state index is 0. The van der Waals surface area contributed by atoms with Crippen molar-refractivity contribution in [1.29, 1.82) is 0 Å². The highest BCUT2D eigenvalue weighted by Gasteiger charge is 2.21. The number of aromatic nitrogens is 6. The number of rotatable bonds is 8. The highest BCUT2D eigenvalue weighted by Crippen LogP contribution is 2.43. The molecule has 2 aromatic heterocycles. The third-order valence-corrected chi connectivity index (χ3v) is 18.5. The van der Waals surface area contributed by atoms with Crippen LogP contribution in [0.5, 0.6) is 0 Å². The third kappa shape index (κ3) is 11.6. The number of hydrogen-bond donors (Lipinski definition) is 1. The number of fused-ring (bicyclic) bond motifs is 14. The molecule has 18 aromatic rings. The van der Waals surface area contributed by atoms with Gasteiger partial charge in [-0.15, -0.1) is 0 Å². The maximum absolute atomic E-state index is 9.26. The minimum atomic E-state index is 0. The van der Waals surface area contributed by atoms with E-state index >= 15 is 0 Å². The van der Waals surface area contributed by atoms with Crippen molar-refractivity contribution in [2.75, 3.05) is 0 Å². The fraction of sp³-hybridized carbons (Fsp3) is 0. The number of benzene rings is 16. The Morgan fingerprint density at radius 1 is 0.229 bits per heavy atom. The molecule has 16 aromatic carbocycles. The maximum Gasteiger partial charge on any atom is 0.326 e. The first-order valence-corrected chi connectivity index (χ1v) is 32.4. The molecular formula is C86H57BBrN6O2. The van der Waals surface area contributed by atoms with Crippen LogP contribution in [0.1, 0.15) is 0 Å². The predicted octanol–water partition coefficient (Wildman–Crippen LogP) is 20.5. The van der Waals surface area contributed by atoms with E-state index in [-0.39, 0.29) is 5.48 Å². The third-order valence-electron chi connectivity index (χ3n) is 17.6. The van der Waals surface area contributed by atoms with Crippen molar-refractivity contribution in [1.82, 2.24) is 29.9 Å². The lowest BCUT2D eigenvalue weighted by Crippen LogP contribution is -2.12. The summed E-state index contributed by atoms with van der Waals surface area (Å²) in [6.07, 6.45) is 0. The summed E-state index contributed by atoms with van der Waals surface area (Å²) in [6, 6.07) is 113. The quantitative estimate of drug-likeness (QED) is 0.118. The predicted molar refractivity (Wildman–Crippen MR) is 403 cm³/mol. The van der Waals surface area contributed by atoms with E-state index in [1.165, 1.54) is 75.4 Å². The Labute approximate surface area is 563 Å². The molecule has 18 rings (SSSR count). The molecule has 0 aliphatic carbocycles. The van der Waals surface area contributed by atoms with Crippen molar-refractivity contribution >= 4 is 115 Å². The van der Waals surface area contributed by atoms with E-state index in [1.54, 1.807) is 0 Å². The Balaban J connectivity index is 0.000000129. The molecule has 10 heteroatoms. The lowest BCUT2D eigenvalue weighted by molar-refractivity contribution is 0.615. The van der Waals surface area contributed by atoms with E-state index in [1.807, 2.05) is 146 Å². The van der Waals surface area contributed by atoms with Crippen LogP contribution < -0.4 is 5.46 Å². The fourth-order valence-corrected chi connectivity index (χ4v) is 13.8. The normalized spacial score (nSPS) is 11.1. The van der Waals surface area contributed by atoms with Crippen LogP contribution >= 0.6 is 15.9 Å². The van der Waals surface area contributed by atoms with Gasteiger partial charge in [0.25, 0.3) is 0 Å². The number of hydrogen-bond acceptors (Lipinski definition) is 7. The van der Waals surface area contributed by atoms with Crippen LogP contribution in [0.15, 0.2) is 332 Å². The molecule has 0 fully saturated rings. The Morgan fingerprint density at radius 3 is 0.927 bits per heavy atom. The van der Waals surface area contributed by atoms with Crippen LogP contribution in [-0.4, -0.2) is 47.9 Å². The monoisotopic (exact) mass is 1300 g/mol. The van der Waals surface area contributed by atoms with Gasteiger partial charge in [0.1, 0.15) is 0 Å². The van der Waals surface area contributed by atoms with Crippen LogP contribution in [0.2, 0.25) is 0 Å². The van der Waals surface area contributed by atoms with Gasteiger partial charge < -0.3 is 10.5 Å². The van der Waals surface area contributed by atoms with Crippen LogP contribution in [0, 0.1) is 0 Å². The van der Waals surface area contributed by atoms with Crippen molar-refractivity contribution in [2.24, 2.45) is 0 Å². The highest BCUT2D eigenvalue weighted by atomic mass is 79.9. The standard InChI is InChI=1S/C43H27N3.C25H16BrN3.C18H12BO.H2O/c1-3-14-29(15-4-1)41-44-42(30-16-5-2-6-17-30)46-43(45-41)38-26-23-28-13-7-8-18-32(28)40(38)31-24-25-37-35-21-10-9-19-33(35)34-20-11-12-22-36(34)39(37)27-31;26-22-20-14-8-7-9-17(20)15-16-21(22)25-28-23(18-10-3-1-4-11-18)27-24(29-25)19-12-5-2-6-13-19;20-19-12-9-10-17-15-7-2-1-5-13(15)14-6-3-4-8-16(14)18(17)11-12;/h1-27H;1-16H;1-11,20H;1H2. The lowest BCUT2D eigenvalue weighted by Gasteiger charge is -2.16. The van der Waals surface area contributed by atoms with E-state index in [4.69, 9.17) is 29.9 Å². The molecular weight excluding hydrogens is 1240 g/mol. The summed E-state index contributed by atoms with van der Waals surface area (Å²) in [5.41, 5.74) is 8.82. The van der Waals surface area contributed by atoms with Gasteiger partial charge in [0.15, 0.2) is 34.9 Å². The first-order valence-electron chi connectivity index (χ1n) is 31.6. The van der Waals surface area contributed by atoms with Gasteiger partial charge in [-0.05, 0) is 126 Å². The van der Waals surface area contributed by atoms with Crippen molar-refractivity contribution in [3.63, 3.8) is 0 Å². The van der Waals surface area contributed by atoms with Gasteiger partial charge >= 0.3 is 7.48 Å². The van der Waals surface area contributed by atoms with E-state index in [2.05, 4.69) is 198 Å². The highest BCUT2D eigenvalue weighted by molar-refractivity contribution is 9.10. The average molecular weight is 1300 g/mol. The van der Waals surface area contributed by atoms with Gasteiger partial charge in [0.05, 0.1) is 0 Å². The number of nitrogens with zero attached hydrogens (tertiary/aromatic N) is 6.